The van der Waals surface area contributed by atoms with E-state index in [9.17, 15) is 14.4 Å². The zero-order chi connectivity index (χ0) is 26.6. The molecular weight excluding hydrogens is 455 g/mol. The van der Waals surface area contributed by atoms with Gasteiger partial charge >= 0.3 is 7.82 Å². The number of hydrogen-bond acceptors (Lipinski definition) is 2. The Morgan fingerprint density at radius 3 is 1.71 bits per heavy atom. The van der Waals surface area contributed by atoms with Gasteiger partial charge in [0.15, 0.2) is 0 Å². The molecule has 1 rings (SSSR count). The molecule has 0 amide bonds. The highest BCUT2D eigenvalue weighted by molar-refractivity contribution is 7.46. The molecular formula is C30H51O4P. The van der Waals surface area contributed by atoms with Crippen LogP contribution >= 0.6 is 7.82 Å². The lowest BCUT2D eigenvalue weighted by atomic mass is 9.95. The quantitative estimate of drug-likeness (QED) is 0.162. The van der Waals surface area contributed by atoms with Gasteiger partial charge < -0.3 is 9.79 Å². The lowest BCUT2D eigenvalue weighted by Crippen LogP contribution is -2.03. The van der Waals surface area contributed by atoms with Crippen molar-refractivity contribution in [2.45, 2.75) is 107 Å². The summed E-state index contributed by atoms with van der Waals surface area (Å²) < 4.78 is 16.2. The van der Waals surface area contributed by atoms with Gasteiger partial charge in [-0.15, -0.1) is 0 Å². The van der Waals surface area contributed by atoms with Gasteiger partial charge in [0, 0.05) is 0 Å². The third-order valence-electron chi connectivity index (χ3n) is 7.21. The molecule has 0 spiro atoms. The summed E-state index contributed by atoms with van der Waals surface area (Å²) in [6.45, 7) is 17.5. The van der Waals surface area contributed by atoms with Gasteiger partial charge in [-0.25, -0.2) is 4.57 Å². The zero-order valence-electron chi connectivity index (χ0n) is 23.6. The largest absolute Gasteiger partial charge is 0.469 e. The van der Waals surface area contributed by atoms with E-state index in [-0.39, 0.29) is 17.9 Å². The van der Waals surface area contributed by atoms with Crippen molar-refractivity contribution in [1.29, 1.82) is 0 Å². The van der Waals surface area contributed by atoms with Gasteiger partial charge in [-0.3, -0.25) is 4.52 Å². The second-order valence-corrected chi connectivity index (χ2v) is 12.5. The summed E-state index contributed by atoms with van der Waals surface area (Å²) in [5, 5.41) is 0. The lowest BCUT2D eigenvalue weighted by Gasteiger charge is -2.11. The molecule has 0 aromatic rings. The van der Waals surface area contributed by atoms with Gasteiger partial charge in [0.05, 0.1) is 6.61 Å². The normalized spacial score (nSPS) is 23.3. The van der Waals surface area contributed by atoms with Gasteiger partial charge in [0.25, 0.3) is 0 Å². The van der Waals surface area contributed by atoms with Crippen molar-refractivity contribution in [2.24, 2.45) is 17.3 Å². The van der Waals surface area contributed by atoms with Crippen LogP contribution in [-0.2, 0) is 9.09 Å². The Kier molecular flexibility index (Phi) is 13.8. The lowest BCUT2D eigenvalue weighted by molar-refractivity contribution is 0.179. The molecule has 35 heavy (non-hydrogen) atoms. The van der Waals surface area contributed by atoms with Crippen molar-refractivity contribution >= 4 is 7.82 Å². The van der Waals surface area contributed by atoms with Gasteiger partial charge in [-0.05, 0) is 117 Å². The summed E-state index contributed by atoms with van der Waals surface area (Å²) in [6.07, 6.45) is 20.0. The molecule has 0 aromatic heterocycles. The molecule has 1 saturated carbocycles. The third kappa shape index (κ3) is 13.6. The van der Waals surface area contributed by atoms with Crippen molar-refractivity contribution in [2.75, 3.05) is 6.61 Å². The maximum absolute atomic E-state index is 11.3. The molecule has 0 heterocycles. The van der Waals surface area contributed by atoms with Crippen LogP contribution in [-0.4, -0.2) is 16.4 Å². The van der Waals surface area contributed by atoms with E-state index in [4.69, 9.17) is 4.52 Å². The molecule has 1 fully saturated rings. The molecule has 0 aliphatic heterocycles. The Morgan fingerprint density at radius 1 is 0.771 bits per heavy atom. The summed E-state index contributed by atoms with van der Waals surface area (Å²) in [7, 11) is -4.45. The average Bonchev–Trinajstić information content (AvgIpc) is 3.26. The van der Waals surface area contributed by atoms with Gasteiger partial charge in [0.1, 0.15) is 0 Å². The molecule has 0 saturated heterocycles. The van der Waals surface area contributed by atoms with Crippen LogP contribution in [0, 0.1) is 17.3 Å². The van der Waals surface area contributed by atoms with Gasteiger partial charge in [0.2, 0.25) is 0 Å². The molecule has 0 aromatic carbocycles. The molecule has 0 radical (unpaired) electrons. The Balaban J connectivity index is 2.71. The molecule has 3 atom stereocenters. The first-order chi connectivity index (χ1) is 16.2. The number of allylic oxidation sites excluding steroid dienone is 10. The van der Waals surface area contributed by atoms with Crippen molar-refractivity contribution in [1.82, 2.24) is 0 Å². The number of rotatable bonds is 16. The summed E-state index contributed by atoms with van der Waals surface area (Å²) in [4.78, 5) is 18.4. The number of phosphoric ester groups is 1. The van der Waals surface area contributed by atoms with Crippen molar-refractivity contribution < 1.29 is 18.9 Å². The van der Waals surface area contributed by atoms with Gasteiger partial charge in [-0.1, -0.05) is 65.2 Å². The van der Waals surface area contributed by atoms with E-state index >= 15 is 0 Å². The predicted molar refractivity (Wildman–Crippen MR) is 150 cm³/mol. The van der Waals surface area contributed by atoms with Crippen LogP contribution < -0.4 is 0 Å². The second-order valence-electron chi connectivity index (χ2n) is 11.3. The highest BCUT2D eigenvalue weighted by atomic mass is 31.2. The van der Waals surface area contributed by atoms with Crippen LogP contribution in [0.4, 0.5) is 0 Å². The minimum absolute atomic E-state index is 0.0171. The van der Waals surface area contributed by atoms with Crippen molar-refractivity contribution in [3.05, 3.63) is 58.2 Å². The van der Waals surface area contributed by atoms with Crippen LogP contribution in [0.5, 0.6) is 0 Å². The maximum atomic E-state index is 11.3. The summed E-state index contributed by atoms with van der Waals surface area (Å²) in [6, 6.07) is 0. The van der Waals surface area contributed by atoms with E-state index in [2.05, 4.69) is 85.8 Å². The van der Waals surface area contributed by atoms with E-state index in [0.29, 0.717) is 5.92 Å². The number of phosphoric acid groups is 1. The first-order valence-electron chi connectivity index (χ1n) is 13.2. The number of hydrogen-bond donors (Lipinski definition) is 2. The fraction of sp³-hybridized carbons (Fsp3) is 0.667. The van der Waals surface area contributed by atoms with Crippen LogP contribution in [0.2, 0.25) is 0 Å². The maximum Gasteiger partial charge on any atom is 0.469 e. The topological polar surface area (TPSA) is 66.8 Å². The zero-order valence-corrected chi connectivity index (χ0v) is 24.5. The van der Waals surface area contributed by atoms with Crippen LogP contribution in [0.15, 0.2) is 58.2 Å². The first kappa shape index (κ1) is 31.8. The molecule has 1 aliphatic carbocycles. The minimum Gasteiger partial charge on any atom is -0.303 e. The highest BCUT2D eigenvalue weighted by Gasteiger charge is 2.59. The summed E-state index contributed by atoms with van der Waals surface area (Å²) >= 11 is 0. The van der Waals surface area contributed by atoms with Crippen LogP contribution in [0.3, 0.4) is 0 Å². The Labute approximate surface area is 215 Å². The van der Waals surface area contributed by atoms with Crippen molar-refractivity contribution in [3.8, 4) is 0 Å². The van der Waals surface area contributed by atoms with E-state index in [1.165, 1.54) is 27.9 Å². The molecule has 0 unspecified atom stereocenters. The Morgan fingerprint density at radius 2 is 1.23 bits per heavy atom. The van der Waals surface area contributed by atoms with Crippen LogP contribution in [0.25, 0.3) is 0 Å². The Bertz CT molecular complexity index is 863. The summed E-state index contributed by atoms with van der Waals surface area (Å²) in [5.74, 6) is 0.446. The van der Waals surface area contributed by atoms with E-state index < -0.39 is 7.82 Å². The summed E-state index contributed by atoms with van der Waals surface area (Å²) in [5.41, 5.74) is 6.94. The van der Waals surface area contributed by atoms with E-state index in [1.807, 2.05) is 0 Å². The molecule has 200 valence electrons. The second kappa shape index (κ2) is 15.2. The van der Waals surface area contributed by atoms with Crippen molar-refractivity contribution in [3.63, 3.8) is 0 Å². The minimum atomic E-state index is -4.45. The average molecular weight is 507 g/mol. The first-order valence-corrected chi connectivity index (χ1v) is 14.7. The highest BCUT2D eigenvalue weighted by Crippen LogP contribution is 2.63. The fourth-order valence-corrected chi connectivity index (χ4v) is 5.13. The van der Waals surface area contributed by atoms with E-state index in [1.54, 1.807) is 0 Å². The molecule has 1 aliphatic rings. The fourth-order valence-electron chi connectivity index (χ4n) is 4.78. The smallest absolute Gasteiger partial charge is 0.303 e. The predicted octanol–water partition coefficient (Wildman–Crippen LogP) is 9.24. The SMILES string of the molecule is CC(C)=CCC/C(C)=C\CC/C(C)=C\[C@@H]1[C@@H](COP(=O)(O)O)[C@]1(C)CC/C=C(\C)CCC=C(C)C. The van der Waals surface area contributed by atoms with Crippen LogP contribution in [0.1, 0.15) is 107 Å². The molecule has 2 N–H and O–H groups in total. The van der Waals surface area contributed by atoms with Gasteiger partial charge in [-0.2, -0.15) is 0 Å². The third-order valence-corrected chi connectivity index (χ3v) is 7.69. The monoisotopic (exact) mass is 506 g/mol. The molecule has 0 bridgehead atoms. The standard InChI is InChI=1S/C30H51O4P/c1-23(2)13-9-15-25(5)17-11-18-27(7)21-28-29(22-34-35(31,32)33)30(28,8)20-12-19-26(6)16-10-14-24(3)4/h13-14,17,19,21,28-29H,9-12,15-16,18,20,22H2,1-8H3,(H2,31,32,33)/b25-17-,26-19+,27-21-/t28-,29-,30-/m1/s1. The Hall–Kier alpha value is -1.19. The molecule has 4 nitrogen and oxygen atoms in total. The molecule has 5 heteroatoms. The van der Waals surface area contributed by atoms with E-state index in [0.717, 1.165) is 51.4 Å².